The van der Waals surface area contributed by atoms with Gasteiger partial charge in [0.1, 0.15) is 5.69 Å². The smallest absolute Gasteiger partial charge is 0.269 e. The van der Waals surface area contributed by atoms with Crippen LogP contribution in [0, 0.1) is 0 Å². The van der Waals surface area contributed by atoms with Crippen LogP contribution < -0.4 is 5.73 Å². The molecule has 1 aromatic rings. The minimum atomic E-state index is -0.516. The molecule has 4 N–H and O–H groups in total. The fourth-order valence-electron chi connectivity index (χ4n) is 2.75. The first-order valence-corrected chi connectivity index (χ1v) is 7.43. The summed E-state index contributed by atoms with van der Waals surface area (Å²) in [6.45, 7) is 5.31. The quantitative estimate of drug-likeness (QED) is 0.661. The first kappa shape index (κ1) is 15.9. The molecule has 1 fully saturated rings. The molecule has 21 heavy (non-hydrogen) atoms. The van der Waals surface area contributed by atoms with E-state index in [1.807, 2.05) is 6.92 Å². The van der Waals surface area contributed by atoms with E-state index in [0.29, 0.717) is 25.7 Å². The molecule has 0 unspecified atom stereocenters. The number of nitrogens with one attached hydrogen (secondary N) is 1. The normalized spacial score (nSPS) is 21.3. The Hall–Kier alpha value is -1.44. The summed E-state index contributed by atoms with van der Waals surface area (Å²) >= 11 is 0. The van der Waals surface area contributed by atoms with Crippen LogP contribution in [0.3, 0.4) is 0 Å². The molecule has 0 radical (unpaired) electrons. The van der Waals surface area contributed by atoms with Crippen molar-refractivity contribution in [2.24, 2.45) is 5.73 Å². The Morgan fingerprint density at radius 1 is 1.71 bits per heavy atom. The summed E-state index contributed by atoms with van der Waals surface area (Å²) in [6.07, 6.45) is 1.63. The summed E-state index contributed by atoms with van der Waals surface area (Å²) in [4.78, 5) is 13.3. The van der Waals surface area contributed by atoms with Crippen molar-refractivity contribution < 1.29 is 14.6 Å². The number of aliphatic hydroxyl groups is 1. The van der Waals surface area contributed by atoms with Crippen molar-refractivity contribution in [1.29, 1.82) is 0 Å². The Kier molecular flexibility index (Phi) is 5.72. The maximum atomic E-state index is 11.1. The number of rotatable bonds is 7. The van der Waals surface area contributed by atoms with E-state index in [1.165, 1.54) is 0 Å². The second kappa shape index (κ2) is 7.53. The van der Waals surface area contributed by atoms with Gasteiger partial charge in [0.15, 0.2) is 0 Å². The highest BCUT2D eigenvalue weighted by Gasteiger charge is 2.24. The van der Waals surface area contributed by atoms with Crippen LogP contribution in [0.5, 0.6) is 0 Å². The fourth-order valence-corrected chi connectivity index (χ4v) is 2.75. The number of hydrogen-bond donors (Lipinski definition) is 3. The number of aromatic amines is 1. The maximum absolute atomic E-state index is 11.1. The van der Waals surface area contributed by atoms with Crippen molar-refractivity contribution in [2.45, 2.75) is 31.8 Å². The average molecular weight is 296 g/mol. The number of primary amides is 1. The lowest BCUT2D eigenvalue weighted by Gasteiger charge is -2.33. The number of β-amino-alcohol motifs (C(OH)–C–C–N with tert-alkyl or cyclic N) is 1. The molecule has 1 aliphatic rings. The number of aromatic nitrogens is 2. The van der Waals surface area contributed by atoms with E-state index in [9.17, 15) is 9.90 Å². The van der Waals surface area contributed by atoms with Crippen LogP contribution in [0.2, 0.25) is 0 Å². The molecule has 2 atom stereocenters. The molecule has 0 spiro atoms. The van der Waals surface area contributed by atoms with Crippen LogP contribution in [-0.4, -0.2) is 65.1 Å². The lowest BCUT2D eigenvalue weighted by Crippen LogP contribution is -2.40. The molecule has 7 heteroatoms. The number of aliphatic hydroxyl groups excluding tert-OH is 1. The van der Waals surface area contributed by atoms with Crippen molar-refractivity contribution in [3.8, 4) is 0 Å². The largest absolute Gasteiger partial charge is 0.389 e. The van der Waals surface area contributed by atoms with E-state index >= 15 is 0 Å². The number of H-pyrrole nitrogens is 1. The predicted molar refractivity (Wildman–Crippen MR) is 78.0 cm³/mol. The molecule has 0 saturated carbocycles. The molecular formula is C14H24N4O3. The van der Waals surface area contributed by atoms with E-state index < -0.39 is 12.0 Å². The first-order valence-electron chi connectivity index (χ1n) is 7.43. The van der Waals surface area contributed by atoms with Crippen molar-refractivity contribution in [3.63, 3.8) is 0 Å². The molecule has 0 aliphatic carbocycles. The Bertz CT molecular complexity index is 463. The molecule has 1 aromatic heterocycles. The third-order valence-corrected chi connectivity index (χ3v) is 3.78. The summed E-state index contributed by atoms with van der Waals surface area (Å²) in [5.41, 5.74) is 6.43. The van der Waals surface area contributed by atoms with Gasteiger partial charge in [0, 0.05) is 31.3 Å². The van der Waals surface area contributed by atoms with Gasteiger partial charge in [-0.25, -0.2) is 0 Å². The number of likely N-dealkylation sites (tertiary alicyclic amines) is 1. The minimum Gasteiger partial charge on any atom is -0.389 e. The predicted octanol–water partition coefficient (Wildman–Crippen LogP) is 0.0854. The van der Waals surface area contributed by atoms with Gasteiger partial charge in [-0.1, -0.05) is 0 Å². The highest BCUT2D eigenvalue weighted by atomic mass is 16.5. The highest BCUT2D eigenvalue weighted by Crippen LogP contribution is 2.25. The van der Waals surface area contributed by atoms with Crippen LogP contribution in [0.1, 0.15) is 41.9 Å². The molecule has 0 aromatic carbocycles. The highest BCUT2D eigenvalue weighted by molar-refractivity contribution is 5.90. The molecule has 0 bridgehead atoms. The van der Waals surface area contributed by atoms with E-state index in [4.69, 9.17) is 10.5 Å². The van der Waals surface area contributed by atoms with Crippen molar-refractivity contribution in [1.82, 2.24) is 15.1 Å². The molecule has 1 aliphatic heterocycles. The van der Waals surface area contributed by atoms with Crippen LogP contribution in [0.4, 0.5) is 0 Å². The average Bonchev–Trinajstić information content (AvgIpc) is 2.95. The molecule has 2 rings (SSSR count). The summed E-state index contributed by atoms with van der Waals surface area (Å²) in [5.74, 6) is -0.226. The number of amides is 1. The van der Waals surface area contributed by atoms with Crippen LogP contribution in [-0.2, 0) is 4.74 Å². The fraction of sp³-hybridized carbons (Fsp3) is 0.714. The lowest BCUT2D eigenvalue weighted by molar-refractivity contribution is 0.0160. The number of carbonyl (C=O) groups excluding carboxylic acids is 1. The van der Waals surface area contributed by atoms with Crippen molar-refractivity contribution in [3.05, 3.63) is 17.5 Å². The van der Waals surface area contributed by atoms with Gasteiger partial charge in [-0.05, 0) is 32.4 Å². The summed E-state index contributed by atoms with van der Waals surface area (Å²) in [5, 5.41) is 16.7. The summed E-state index contributed by atoms with van der Waals surface area (Å²) in [6, 6.07) is 1.73. The Balaban J connectivity index is 1.89. The number of ether oxygens (including phenoxy) is 1. The van der Waals surface area contributed by atoms with E-state index in [0.717, 1.165) is 31.6 Å². The molecule has 1 saturated heterocycles. The maximum Gasteiger partial charge on any atom is 0.269 e. The van der Waals surface area contributed by atoms with Gasteiger partial charge in [-0.2, -0.15) is 5.10 Å². The summed E-state index contributed by atoms with van der Waals surface area (Å²) in [7, 11) is 0. The standard InChI is InChI=1S/C14H24N4O3/c1-2-21-9-11(19)8-18-5-3-4-10(7-18)12-6-13(14(15)20)17-16-12/h6,10-11,19H,2-5,7-9H2,1H3,(H2,15,20)(H,16,17)/t10-,11-/m0/s1. The number of nitrogens with zero attached hydrogens (tertiary/aromatic N) is 2. The Morgan fingerprint density at radius 2 is 2.52 bits per heavy atom. The van der Waals surface area contributed by atoms with Crippen molar-refractivity contribution >= 4 is 5.91 Å². The number of piperidine rings is 1. The minimum absolute atomic E-state index is 0.276. The first-order chi connectivity index (χ1) is 10.1. The SMILES string of the molecule is CCOC[C@@H](O)CN1CCC[C@H](c2cc(C(N)=O)n[nH]2)C1. The number of nitrogens with two attached hydrogens (primary N) is 1. The van der Waals surface area contributed by atoms with E-state index in [2.05, 4.69) is 15.1 Å². The zero-order chi connectivity index (χ0) is 15.2. The second-order valence-corrected chi connectivity index (χ2v) is 5.48. The zero-order valence-corrected chi connectivity index (χ0v) is 12.4. The third kappa shape index (κ3) is 4.52. The van der Waals surface area contributed by atoms with Crippen molar-refractivity contribution in [2.75, 3.05) is 32.8 Å². The molecule has 2 heterocycles. The number of carbonyl (C=O) groups is 1. The van der Waals surface area contributed by atoms with Gasteiger partial charge in [0.25, 0.3) is 5.91 Å². The topological polar surface area (TPSA) is 104 Å². The lowest BCUT2D eigenvalue weighted by atomic mass is 9.94. The zero-order valence-electron chi connectivity index (χ0n) is 12.4. The van der Waals surface area contributed by atoms with Gasteiger partial charge in [0.05, 0.1) is 12.7 Å². The van der Waals surface area contributed by atoms with Crippen LogP contribution in [0.25, 0.3) is 0 Å². The Labute approximate surface area is 124 Å². The third-order valence-electron chi connectivity index (χ3n) is 3.78. The molecule has 7 nitrogen and oxygen atoms in total. The van der Waals surface area contributed by atoms with Gasteiger partial charge >= 0.3 is 0 Å². The second-order valence-electron chi connectivity index (χ2n) is 5.48. The number of hydrogen-bond acceptors (Lipinski definition) is 5. The van der Waals surface area contributed by atoms with E-state index in [-0.39, 0.29) is 5.69 Å². The van der Waals surface area contributed by atoms with E-state index in [1.54, 1.807) is 6.07 Å². The van der Waals surface area contributed by atoms with Gasteiger partial charge in [-0.15, -0.1) is 0 Å². The summed E-state index contributed by atoms with van der Waals surface area (Å²) < 4.78 is 5.23. The van der Waals surface area contributed by atoms with Crippen LogP contribution >= 0.6 is 0 Å². The van der Waals surface area contributed by atoms with Gasteiger partial charge in [-0.3, -0.25) is 9.89 Å². The Morgan fingerprint density at radius 3 is 3.19 bits per heavy atom. The molecular weight excluding hydrogens is 272 g/mol. The molecule has 118 valence electrons. The van der Waals surface area contributed by atoms with Crippen LogP contribution in [0.15, 0.2) is 6.07 Å². The molecule has 1 amide bonds. The monoisotopic (exact) mass is 296 g/mol. The van der Waals surface area contributed by atoms with Gasteiger partial charge in [0.2, 0.25) is 0 Å². The van der Waals surface area contributed by atoms with Gasteiger partial charge < -0.3 is 20.5 Å².